The van der Waals surface area contributed by atoms with Crippen LogP contribution in [-0.4, -0.2) is 49.7 Å². The minimum atomic E-state index is -3.59. The number of nitrogens with zero attached hydrogens (tertiary/aromatic N) is 2. The third-order valence-electron chi connectivity index (χ3n) is 5.22. The summed E-state index contributed by atoms with van der Waals surface area (Å²) in [5.41, 5.74) is 2.57. The molecule has 30 heavy (non-hydrogen) atoms. The molecule has 0 atom stereocenters. The van der Waals surface area contributed by atoms with Gasteiger partial charge in [0.15, 0.2) is 0 Å². The Morgan fingerprint density at radius 1 is 0.867 bits per heavy atom. The van der Waals surface area contributed by atoms with Crippen molar-refractivity contribution in [1.29, 1.82) is 0 Å². The second kappa shape index (κ2) is 11.2. The lowest BCUT2D eigenvalue weighted by molar-refractivity contribution is 0.0950. The van der Waals surface area contributed by atoms with Gasteiger partial charge in [0.1, 0.15) is 0 Å². The summed E-state index contributed by atoms with van der Waals surface area (Å²) in [5, 5.41) is 2.88. The van der Waals surface area contributed by atoms with Gasteiger partial charge < -0.3 is 5.32 Å². The minimum absolute atomic E-state index is 0.139. The summed E-state index contributed by atoms with van der Waals surface area (Å²) in [6, 6.07) is 14.4. The molecule has 1 N–H and O–H groups in total. The van der Waals surface area contributed by atoms with Gasteiger partial charge in [0, 0.05) is 31.7 Å². The molecule has 2 rings (SSSR count). The Morgan fingerprint density at radius 3 is 2.03 bits per heavy atom. The summed E-state index contributed by atoms with van der Waals surface area (Å²) >= 11 is 0. The number of sulfonamides is 1. The molecular weight excluding hydrogens is 398 g/mol. The van der Waals surface area contributed by atoms with Gasteiger partial charge >= 0.3 is 0 Å². The standard InChI is InChI=1S/C23H33N3O3S/c1-5-25(6-2)18-20-14-12-19(13-15-20)17-24-23(27)21-10-9-11-22(16-21)30(28,29)26(7-3)8-4/h9-16H,5-8,17-18H2,1-4H3,(H,24,27). The van der Waals surface area contributed by atoms with Crippen molar-refractivity contribution in [2.75, 3.05) is 26.2 Å². The molecule has 0 aliphatic carbocycles. The molecule has 0 radical (unpaired) electrons. The van der Waals surface area contributed by atoms with Gasteiger partial charge in [-0.3, -0.25) is 9.69 Å². The molecule has 0 unspecified atom stereocenters. The van der Waals surface area contributed by atoms with Crippen molar-refractivity contribution in [2.45, 2.75) is 45.7 Å². The fourth-order valence-corrected chi connectivity index (χ4v) is 4.77. The average molecular weight is 432 g/mol. The molecule has 164 valence electrons. The predicted octanol–water partition coefficient (Wildman–Crippen LogP) is 3.49. The molecular formula is C23H33N3O3S. The Bertz CT molecular complexity index is 919. The van der Waals surface area contributed by atoms with E-state index in [1.165, 1.54) is 22.0 Å². The van der Waals surface area contributed by atoms with Crippen molar-refractivity contribution in [2.24, 2.45) is 0 Å². The molecule has 0 heterocycles. The summed E-state index contributed by atoms with van der Waals surface area (Å²) in [7, 11) is -3.59. The van der Waals surface area contributed by atoms with E-state index < -0.39 is 10.0 Å². The van der Waals surface area contributed by atoms with Crippen molar-refractivity contribution in [3.8, 4) is 0 Å². The van der Waals surface area contributed by atoms with Crippen LogP contribution in [0.4, 0.5) is 0 Å². The number of carbonyl (C=O) groups excluding carboxylic acids is 1. The van der Waals surface area contributed by atoms with Crippen LogP contribution in [0.15, 0.2) is 53.4 Å². The third-order valence-corrected chi connectivity index (χ3v) is 7.26. The van der Waals surface area contributed by atoms with Crippen molar-refractivity contribution in [3.63, 3.8) is 0 Å². The number of benzene rings is 2. The molecule has 0 aliphatic heterocycles. The smallest absolute Gasteiger partial charge is 0.251 e. The first-order chi connectivity index (χ1) is 14.3. The first-order valence-electron chi connectivity index (χ1n) is 10.5. The van der Waals surface area contributed by atoms with E-state index >= 15 is 0 Å². The zero-order valence-corrected chi connectivity index (χ0v) is 19.2. The highest BCUT2D eigenvalue weighted by Gasteiger charge is 2.22. The summed E-state index contributed by atoms with van der Waals surface area (Å²) in [6.45, 7) is 12.0. The molecule has 2 aromatic rings. The van der Waals surface area contributed by atoms with Crippen molar-refractivity contribution in [1.82, 2.24) is 14.5 Å². The first-order valence-corrected chi connectivity index (χ1v) is 12.0. The number of carbonyl (C=O) groups is 1. The molecule has 2 aromatic carbocycles. The number of nitrogens with one attached hydrogen (secondary N) is 1. The zero-order chi connectivity index (χ0) is 22.1. The van der Waals surface area contributed by atoms with E-state index in [1.54, 1.807) is 26.0 Å². The molecule has 0 aromatic heterocycles. The van der Waals surface area contributed by atoms with Gasteiger partial charge in [-0.25, -0.2) is 8.42 Å². The Labute approximate surface area is 180 Å². The van der Waals surface area contributed by atoms with Crippen LogP contribution in [-0.2, 0) is 23.1 Å². The van der Waals surface area contributed by atoms with Crippen LogP contribution in [0, 0.1) is 0 Å². The molecule has 0 fully saturated rings. The van der Waals surface area contributed by atoms with Gasteiger partial charge in [0.25, 0.3) is 5.91 Å². The van der Waals surface area contributed by atoms with E-state index in [1.807, 2.05) is 12.1 Å². The van der Waals surface area contributed by atoms with E-state index in [2.05, 4.69) is 36.2 Å². The highest BCUT2D eigenvalue weighted by Crippen LogP contribution is 2.17. The highest BCUT2D eigenvalue weighted by atomic mass is 32.2. The van der Waals surface area contributed by atoms with Gasteiger partial charge in [-0.05, 0) is 42.4 Å². The molecule has 0 spiro atoms. The lowest BCUT2D eigenvalue weighted by atomic mass is 10.1. The van der Waals surface area contributed by atoms with Crippen LogP contribution in [0.25, 0.3) is 0 Å². The molecule has 1 amide bonds. The molecule has 0 aliphatic rings. The van der Waals surface area contributed by atoms with Crippen LogP contribution in [0.5, 0.6) is 0 Å². The van der Waals surface area contributed by atoms with Gasteiger partial charge in [0.05, 0.1) is 4.90 Å². The van der Waals surface area contributed by atoms with E-state index in [0.29, 0.717) is 25.2 Å². The molecule has 0 saturated carbocycles. The van der Waals surface area contributed by atoms with Crippen molar-refractivity contribution < 1.29 is 13.2 Å². The Kier molecular flexibility index (Phi) is 9.02. The van der Waals surface area contributed by atoms with Gasteiger partial charge in [-0.1, -0.05) is 58.0 Å². The molecule has 7 heteroatoms. The zero-order valence-electron chi connectivity index (χ0n) is 18.4. The van der Waals surface area contributed by atoms with Crippen LogP contribution >= 0.6 is 0 Å². The van der Waals surface area contributed by atoms with E-state index in [-0.39, 0.29) is 10.8 Å². The molecule has 0 bridgehead atoms. The van der Waals surface area contributed by atoms with Crippen LogP contribution < -0.4 is 5.32 Å². The number of amides is 1. The SMILES string of the molecule is CCN(CC)Cc1ccc(CNC(=O)c2cccc(S(=O)(=O)N(CC)CC)c2)cc1. The molecule has 0 saturated heterocycles. The average Bonchev–Trinajstić information content (AvgIpc) is 2.77. The monoisotopic (exact) mass is 431 g/mol. The lowest BCUT2D eigenvalue weighted by Gasteiger charge is -2.18. The highest BCUT2D eigenvalue weighted by molar-refractivity contribution is 7.89. The maximum atomic E-state index is 12.7. The second-order valence-corrected chi connectivity index (χ2v) is 9.02. The lowest BCUT2D eigenvalue weighted by Crippen LogP contribution is -2.31. The summed E-state index contributed by atoms with van der Waals surface area (Å²) in [6.07, 6.45) is 0. The summed E-state index contributed by atoms with van der Waals surface area (Å²) in [5.74, 6) is -0.293. The van der Waals surface area contributed by atoms with E-state index in [4.69, 9.17) is 0 Å². The van der Waals surface area contributed by atoms with Crippen molar-refractivity contribution in [3.05, 3.63) is 65.2 Å². The van der Waals surface area contributed by atoms with E-state index in [9.17, 15) is 13.2 Å². The maximum absolute atomic E-state index is 12.7. The second-order valence-electron chi connectivity index (χ2n) is 7.08. The normalized spacial score (nSPS) is 11.8. The summed E-state index contributed by atoms with van der Waals surface area (Å²) < 4.78 is 26.8. The summed E-state index contributed by atoms with van der Waals surface area (Å²) in [4.78, 5) is 15.1. The first kappa shape index (κ1) is 24.1. The quantitative estimate of drug-likeness (QED) is 0.591. The predicted molar refractivity (Wildman–Crippen MR) is 121 cm³/mol. The van der Waals surface area contributed by atoms with Crippen LogP contribution in [0.1, 0.15) is 49.2 Å². The Morgan fingerprint density at radius 2 is 1.47 bits per heavy atom. The Balaban J connectivity index is 2.03. The van der Waals surface area contributed by atoms with Crippen LogP contribution in [0.2, 0.25) is 0 Å². The third kappa shape index (κ3) is 6.14. The maximum Gasteiger partial charge on any atom is 0.251 e. The number of rotatable bonds is 11. The Hall–Kier alpha value is -2.22. The number of hydrogen-bond donors (Lipinski definition) is 1. The largest absolute Gasteiger partial charge is 0.348 e. The van der Waals surface area contributed by atoms with Gasteiger partial charge in [-0.15, -0.1) is 0 Å². The fourth-order valence-electron chi connectivity index (χ4n) is 3.26. The van der Waals surface area contributed by atoms with Crippen molar-refractivity contribution >= 4 is 15.9 Å². The van der Waals surface area contributed by atoms with Gasteiger partial charge in [-0.2, -0.15) is 4.31 Å². The molecule has 6 nitrogen and oxygen atoms in total. The number of hydrogen-bond acceptors (Lipinski definition) is 4. The van der Waals surface area contributed by atoms with Gasteiger partial charge in [0.2, 0.25) is 10.0 Å². The minimum Gasteiger partial charge on any atom is -0.348 e. The van der Waals surface area contributed by atoms with Crippen LogP contribution in [0.3, 0.4) is 0 Å². The fraction of sp³-hybridized carbons (Fsp3) is 0.435. The topological polar surface area (TPSA) is 69.7 Å². The van der Waals surface area contributed by atoms with E-state index in [0.717, 1.165) is 25.2 Å².